The van der Waals surface area contributed by atoms with Crippen molar-refractivity contribution in [3.63, 3.8) is 0 Å². The zero-order valence-corrected chi connectivity index (χ0v) is 12.4. The highest BCUT2D eigenvalue weighted by atomic mass is 16.5. The summed E-state index contributed by atoms with van der Waals surface area (Å²) in [7, 11) is 0. The Hall–Kier alpha value is -0.990. The molecule has 1 fully saturated rings. The molecule has 19 heavy (non-hydrogen) atoms. The lowest BCUT2D eigenvalue weighted by Gasteiger charge is -2.36. The van der Waals surface area contributed by atoms with Gasteiger partial charge in [-0.15, -0.1) is 0 Å². The number of rotatable bonds is 6. The van der Waals surface area contributed by atoms with Crippen molar-refractivity contribution >= 4 is 5.97 Å². The Balaban J connectivity index is 2.03. The van der Waals surface area contributed by atoms with E-state index in [0.29, 0.717) is 12.6 Å². The van der Waals surface area contributed by atoms with Crippen molar-refractivity contribution in [2.24, 2.45) is 0 Å². The number of unbranched alkanes of at least 4 members (excludes halogenated alkanes) is 2. The highest BCUT2D eigenvalue weighted by molar-refractivity contribution is 5.89. The van der Waals surface area contributed by atoms with E-state index in [2.05, 4.69) is 11.8 Å². The molecule has 2 aliphatic heterocycles. The lowest BCUT2D eigenvalue weighted by molar-refractivity contribution is -0.139. The van der Waals surface area contributed by atoms with E-state index in [-0.39, 0.29) is 5.97 Å². The van der Waals surface area contributed by atoms with Gasteiger partial charge in [0.2, 0.25) is 0 Å². The first-order chi connectivity index (χ1) is 9.27. The van der Waals surface area contributed by atoms with Gasteiger partial charge in [-0.3, -0.25) is 0 Å². The molecule has 0 spiro atoms. The minimum absolute atomic E-state index is 0.0728. The summed E-state index contributed by atoms with van der Waals surface area (Å²) in [4.78, 5) is 14.5. The van der Waals surface area contributed by atoms with Crippen molar-refractivity contribution in [3.05, 3.63) is 11.3 Å². The maximum Gasteiger partial charge on any atom is 0.335 e. The normalized spacial score (nSPS) is 22.6. The third kappa shape index (κ3) is 3.31. The van der Waals surface area contributed by atoms with E-state index in [1.807, 2.05) is 6.92 Å². The van der Waals surface area contributed by atoms with Crippen molar-refractivity contribution in [2.45, 2.75) is 71.3 Å². The molecular weight excluding hydrogens is 238 g/mol. The van der Waals surface area contributed by atoms with E-state index >= 15 is 0 Å². The van der Waals surface area contributed by atoms with Gasteiger partial charge in [-0.25, -0.2) is 4.79 Å². The molecule has 0 aromatic carbocycles. The van der Waals surface area contributed by atoms with Gasteiger partial charge in [-0.2, -0.15) is 0 Å². The molecule has 0 aliphatic carbocycles. The highest BCUT2D eigenvalue weighted by Gasteiger charge is 2.33. The van der Waals surface area contributed by atoms with Gasteiger partial charge in [0, 0.05) is 18.3 Å². The number of ether oxygens (including phenoxy) is 1. The monoisotopic (exact) mass is 265 g/mol. The second kappa shape index (κ2) is 6.97. The molecule has 0 saturated carbocycles. The highest BCUT2D eigenvalue weighted by Crippen LogP contribution is 2.36. The second-order valence-corrected chi connectivity index (χ2v) is 5.63. The van der Waals surface area contributed by atoms with Crippen LogP contribution in [0.25, 0.3) is 0 Å². The standard InChI is InChI=1S/C16H27NO2/c1-3-5-6-8-13-10-11-14(16(18)19-4-2)15-9-7-12-17(13)15/h13H,3-12H2,1-2H3/t13-/m1/s1. The summed E-state index contributed by atoms with van der Waals surface area (Å²) in [5.41, 5.74) is 2.26. The first-order valence-corrected chi connectivity index (χ1v) is 7.93. The van der Waals surface area contributed by atoms with Crippen LogP contribution in [0.4, 0.5) is 0 Å². The zero-order chi connectivity index (χ0) is 13.7. The molecule has 108 valence electrons. The third-order valence-corrected chi connectivity index (χ3v) is 4.34. The van der Waals surface area contributed by atoms with Crippen molar-refractivity contribution in [2.75, 3.05) is 13.2 Å². The predicted octanol–water partition coefficient (Wildman–Crippen LogP) is 3.64. The number of nitrogens with zero attached hydrogens (tertiary/aromatic N) is 1. The zero-order valence-electron chi connectivity index (χ0n) is 12.4. The molecule has 0 unspecified atom stereocenters. The molecule has 0 bridgehead atoms. The van der Waals surface area contributed by atoms with E-state index in [9.17, 15) is 4.79 Å². The Labute approximate surface area is 117 Å². The molecule has 3 nitrogen and oxygen atoms in total. The Morgan fingerprint density at radius 3 is 2.89 bits per heavy atom. The third-order valence-electron chi connectivity index (χ3n) is 4.34. The van der Waals surface area contributed by atoms with E-state index in [4.69, 9.17) is 4.74 Å². The van der Waals surface area contributed by atoms with Crippen molar-refractivity contribution in [1.82, 2.24) is 4.90 Å². The summed E-state index contributed by atoms with van der Waals surface area (Å²) in [6, 6.07) is 0.669. The summed E-state index contributed by atoms with van der Waals surface area (Å²) >= 11 is 0. The number of allylic oxidation sites excluding steroid dienone is 1. The van der Waals surface area contributed by atoms with Gasteiger partial charge in [-0.1, -0.05) is 26.2 Å². The molecule has 1 saturated heterocycles. The maximum atomic E-state index is 12.0. The number of carbonyl (C=O) groups is 1. The fourth-order valence-electron chi connectivity index (χ4n) is 3.40. The van der Waals surface area contributed by atoms with Crippen molar-refractivity contribution < 1.29 is 9.53 Å². The van der Waals surface area contributed by atoms with E-state index < -0.39 is 0 Å². The van der Waals surface area contributed by atoms with Crippen LogP contribution in [0.2, 0.25) is 0 Å². The predicted molar refractivity (Wildman–Crippen MR) is 76.8 cm³/mol. The number of carbonyl (C=O) groups excluding carboxylic acids is 1. The molecule has 0 aromatic rings. The number of esters is 1. The SMILES string of the molecule is CCCCC[C@@H]1CCC(C(=O)OCC)=C2CCCN21. The summed E-state index contributed by atoms with van der Waals surface area (Å²) < 4.78 is 5.20. The van der Waals surface area contributed by atoms with Crippen LogP contribution in [-0.2, 0) is 9.53 Å². The maximum absolute atomic E-state index is 12.0. The molecule has 2 aliphatic rings. The molecule has 2 heterocycles. The molecule has 0 amide bonds. The van der Waals surface area contributed by atoms with Crippen molar-refractivity contribution in [1.29, 1.82) is 0 Å². The van der Waals surface area contributed by atoms with Gasteiger partial charge in [0.15, 0.2) is 0 Å². The van der Waals surface area contributed by atoms with Crippen LogP contribution in [0.5, 0.6) is 0 Å². The van der Waals surface area contributed by atoms with E-state index in [0.717, 1.165) is 31.4 Å². The van der Waals surface area contributed by atoms with Gasteiger partial charge in [-0.05, 0) is 39.0 Å². The fourth-order valence-corrected chi connectivity index (χ4v) is 3.40. The first kappa shape index (κ1) is 14.4. The minimum atomic E-state index is -0.0728. The van der Waals surface area contributed by atoms with Crippen LogP contribution in [0.15, 0.2) is 11.3 Å². The van der Waals surface area contributed by atoms with Gasteiger partial charge in [0.1, 0.15) is 0 Å². The van der Waals surface area contributed by atoms with E-state index in [1.54, 1.807) is 0 Å². The van der Waals surface area contributed by atoms with Gasteiger partial charge < -0.3 is 9.64 Å². The fraction of sp³-hybridized carbons (Fsp3) is 0.812. The summed E-state index contributed by atoms with van der Waals surface area (Å²) in [5, 5.41) is 0. The molecule has 0 N–H and O–H groups in total. The van der Waals surface area contributed by atoms with Gasteiger partial charge in [0.05, 0.1) is 12.2 Å². The smallest absolute Gasteiger partial charge is 0.335 e. The lowest BCUT2D eigenvalue weighted by atomic mass is 9.93. The summed E-state index contributed by atoms with van der Waals surface area (Å²) in [5.74, 6) is -0.0728. The van der Waals surface area contributed by atoms with Crippen LogP contribution >= 0.6 is 0 Å². The molecule has 3 heteroatoms. The molecule has 0 radical (unpaired) electrons. The molecular formula is C16H27NO2. The molecule has 2 rings (SSSR count). The second-order valence-electron chi connectivity index (χ2n) is 5.63. The average molecular weight is 265 g/mol. The van der Waals surface area contributed by atoms with Crippen LogP contribution in [0.3, 0.4) is 0 Å². The van der Waals surface area contributed by atoms with Crippen LogP contribution in [-0.4, -0.2) is 30.1 Å². The quantitative estimate of drug-likeness (QED) is 0.542. The van der Waals surface area contributed by atoms with Gasteiger partial charge >= 0.3 is 5.97 Å². The Morgan fingerprint density at radius 1 is 1.32 bits per heavy atom. The van der Waals surface area contributed by atoms with Gasteiger partial charge in [0.25, 0.3) is 0 Å². The molecule has 0 aromatic heterocycles. The average Bonchev–Trinajstić information content (AvgIpc) is 2.88. The Morgan fingerprint density at radius 2 is 2.16 bits per heavy atom. The van der Waals surface area contributed by atoms with Crippen LogP contribution in [0.1, 0.15) is 65.2 Å². The Kier molecular flexibility index (Phi) is 5.29. The van der Waals surface area contributed by atoms with E-state index in [1.165, 1.54) is 37.8 Å². The van der Waals surface area contributed by atoms with Crippen LogP contribution < -0.4 is 0 Å². The first-order valence-electron chi connectivity index (χ1n) is 7.93. The number of hydrogen-bond acceptors (Lipinski definition) is 3. The lowest BCUT2D eigenvalue weighted by Crippen LogP contribution is -2.36. The molecule has 1 atom stereocenters. The number of hydrogen-bond donors (Lipinski definition) is 0. The van der Waals surface area contributed by atoms with Crippen LogP contribution in [0, 0.1) is 0 Å². The number of fused-ring (bicyclic) bond motifs is 1. The minimum Gasteiger partial charge on any atom is -0.463 e. The summed E-state index contributed by atoms with van der Waals surface area (Å²) in [6.45, 7) is 5.75. The Bertz CT molecular complexity index is 349. The largest absolute Gasteiger partial charge is 0.463 e. The summed E-state index contributed by atoms with van der Waals surface area (Å²) in [6.07, 6.45) is 9.52. The topological polar surface area (TPSA) is 29.5 Å². The van der Waals surface area contributed by atoms with Crippen molar-refractivity contribution in [3.8, 4) is 0 Å².